The summed E-state index contributed by atoms with van der Waals surface area (Å²) in [5.41, 5.74) is 13.4. The minimum atomic E-state index is 1.06. The monoisotopic (exact) mass is 773 g/mol. The average Bonchev–Trinajstić information content (AvgIpc) is 3.71. The summed E-state index contributed by atoms with van der Waals surface area (Å²) in [5, 5.41) is 5.57. The number of benzene rings is 5. The Morgan fingerprint density at radius 3 is 0.931 bits per heavy atom. The van der Waals surface area contributed by atoms with E-state index in [9.17, 15) is 0 Å². The first kappa shape index (κ1) is 41.8. The molecule has 0 saturated carbocycles. The predicted octanol–water partition coefficient (Wildman–Crippen LogP) is 17.7. The van der Waals surface area contributed by atoms with Gasteiger partial charge < -0.3 is 9.13 Å². The molecule has 0 unspecified atom stereocenters. The largest absolute Gasteiger partial charge is 0.340 e. The Morgan fingerprint density at radius 2 is 0.586 bits per heavy atom. The van der Waals surface area contributed by atoms with Gasteiger partial charge in [0.1, 0.15) is 0 Å². The van der Waals surface area contributed by atoms with Crippen molar-refractivity contribution in [3.05, 3.63) is 108 Å². The predicted molar refractivity (Wildman–Crippen MR) is 256 cm³/mol. The van der Waals surface area contributed by atoms with Gasteiger partial charge in [-0.05, 0) is 73.2 Å². The molecule has 2 nitrogen and oxygen atoms in total. The number of hydrogen-bond acceptors (Lipinski definition) is 0. The molecule has 0 aliphatic heterocycles. The number of unbranched alkanes of at least 4 members (excludes halogenated alkanes) is 18. The van der Waals surface area contributed by atoms with Crippen LogP contribution in [0.4, 0.5) is 0 Å². The van der Waals surface area contributed by atoms with Gasteiger partial charge in [0.25, 0.3) is 0 Å². The van der Waals surface area contributed by atoms with Crippen molar-refractivity contribution in [3.63, 3.8) is 0 Å². The van der Waals surface area contributed by atoms with Gasteiger partial charge >= 0.3 is 0 Å². The first-order chi connectivity index (χ1) is 28.6. The molecule has 0 bridgehead atoms. The fourth-order valence-corrected chi connectivity index (χ4v) is 9.53. The molecule has 2 heteroatoms. The Morgan fingerprint density at radius 1 is 0.293 bits per heavy atom. The quantitative estimate of drug-likeness (QED) is 0.0542. The number of rotatable bonds is 24. The third kappa shape index (κ3) is 10.3. The molecule has 0 atom stereocenters. The highest BCUT2D eigenvalue weighted by Crippen LogP contribution is 2.40. The van der Waals surface area contributed by atoms with E-state index in [-0.39, 0.29) is 0 Å². The lowest BCUT2D eigenvalue weighted by Crippen LogP contribution is -1.99. The first-order valence-corrected chi connectivity index (χ1v) is 23.7. The number of aryl methyl sites for hydroxylation is 4. The van der Waals surface area contributed by atoms with Gasteiger partial charge in [-0.15, -0.1) is 0 Å². The van der Waals surface area contributed by atoms with Gasteiger partial charge in [-0.1, -0.05) is 213 Å². The van der Waals surface area contributed by atoms with E-state index in [1.165, 1.54) is 205 Å². The van der Waals surface area contributed by atoms with Gasteiger partial charge in [0, 0.05) is 56.7 Å². The summed E-state index contributed by atoms with van der Waals surface area (Å²) >= 11 is 0. The van der Waals surface area contributed by atoms with Crippen LogP contribution in [0.1, 0.15) is 153 Å². The van der Waals surface area contributed by atoms with Crippen molar-refractivity contribution in [1.29, 1.82) is 0 Å². The van der Waals surface area contributed by atoms with E-state index in [0.717, 1.165) is 13.1 Å². The standard InChI is InChI=1S/C56H72N2/c1-5-7-9-11-13-15-17-19-21-23-37-57-53-39-47(45-29-25-43(3)26-30-45)33-35-49(53)51-42-56-52(41-55(51)57)50-36-34-48(46-31-27-44(4)28-32-46)40-54(50)58(56)38-24-22-20-18-16-14-12-10-8-6-2/h25-36,39-42H,5-24,37-38H2,1-4H3. The molecular weight excluding hydrogens is 701 g/mol. The van der Waals surface area contributed by atoms with E-state index in [4.69, 9.17) is 0 Å². The minimum Gasteiger partial charge on any atom is -0.340 e. The summed E-state index contributed by atoms with van der Waals surface area (Å²) in [6.45, 7) is 11.1. The van der Waals surface area contributed by atoms with Crippen LogP contribution >= 0.6 is 0 Å². The van der Waals surface area contributed by atoms with Crippen molar-refractivity contribution in [1.82, 2.24) is 9.13 Å². The maximum atomic E-state index is 2.68. The molecule has 2 aromatic heterocycles. The molecule has 0 radical (unpaired) electrons. The second kappa shape index (κ2) is 21.1. The number of nitrogens with zero attached hydrogens (tertiary/aromatic N) is 2. The van der Waals surface area contributed by atoms with Gasteiger partial charge in [-0.2, -0.15) is 0 Å². The molecule has 58 heavy (non-hydrogen) atoms. The van der Waals surface area contributed by atoms with Crippen LogP contribution in [0.15, 0.2) is 97.1 Å². The molecule has 7 aromatic rings. The van der Waals surface area contributed by atoms with Crippen LogP contribution in [-0.4, -0.2) is 9.13 Å². The fraction of sp³-hybridized carbons (Fsp3) is 0.464. The topological polar surface area (TPSA) is 9.86 Å². The molecule has 0 fully saturated rings. The highest BCUT2D eigenvalue weighted by Gasteiger charge is 2.18. The maximum absolute atomic E-state index is 2.68. The number of hydrogen-bond donors (Lipinski definition) is 0. The molecule has 2 heterocycles. The van der Waals surface area contributed by atoms with Crippen molar-refractivity contribution >= 4 is 43.6 Å². The molecule has 7 rings (SSSR count). The van der Waals surface area contributed by atoms with Crippen molar-refractivity contribution in [2.75, 3.05) is 0 Å². The maximum Gasteiger partial charge on any atom is 0.0499 e. The lowest BCUT2D eigenvalue weighted by Gasteiger charge is -2.10. The van der Waals surface area contributed by atoms with Crippen molar-refractivity contribution in [2.45, 2.75) is 169 Å². The summed E-state index contributed by atoms with van der Waals surface area (Å²) in [6.07, 6.45) is 27.2. The highest BCUT2D eigenvalue weighted by atomic mass is 15.0. The first-order valence-electron chi connectivity index (χ1n) is 23.7. The summed E-state index contributed by atoms with van der Waals surface area (Å²) in [4.78, 5) is 0. The third-order valence-corrected chi connectivity index (χ3v) is 13.1. The van der Waals surface area contributed by atoms with Crippen LogP contribution in [0.5, 0.6) is 0 Å². The van der Waals surface area contributed by atoms with Crippen molar-refractivity contribution < 1.29 is 0 Å². The van der Waals surface area contributed by atoms with Gasteiger partial charge in [-0.3, -0.25) is 0 Å². The van der Waals surface area contributed by atoms with E-state index in [1.807, 2.05) is 0 Å². The van der Waals surface area contributed by atoms with Gasteiger partial charge in [-0.25, -0.2) is 0 Å². The van der Waals surface area contributed by atoms with E-state index in [0.29, 0.717) is 0 Å². The zero-order chi connectivity index (χ0) is 40.1. The Bertz CT molecular complexity index is 2160. The SMILES string of the molecule is CCCCCCCCCCCCn1c2cc(-c3ccc(C)cc3)ccc2c2cc3c(cc21)c1ccc(-c2ccc(C)cc2)cc1n3CCCCCCCCCCCC. The smallest absolute Gasteiger partial charge is 0.0499 e. The van der Waals surface area contributed by atoms with Crippen LogP contribution in [0.2, 0.25) is 0 Å². The van der Waals surface area contributed by atoms with E-state index < -0.39 is 0 Å². The summed E-state index contributed by atoms with van der Waals surface area (Å²) < 4.78 is 5.36. The van der Waals surface area contributed by atoms with Crippen LogP contribution in [0.3, 0.4) is 0 Å². The lowest BCUT2D eigenvalue weighted by atomic mass is 10.0. The molecule has 0 amide bonds. The van der Waals surface area contributed by atoms with Crippen LogP contribution in [-0.2, 0) is 13.1 Å². The van der Waals surface area contributed by atoms with Gasteiger partial charge in [0.15, 0.2) is 0 Å². The normalized spacial score (nSPS) is 11.9. The highest BCUT2D eigenvalue weighted by molar-refractivity contribution is 6.18. The van der Waals surface area contributed by atoms with E-state index in [1.54, 1.807) is 0 Å². The molecule has 306 valence electrons. The molecular formula is C56H72N2. The number of fused-ring (bicyclic) bond motifs is 6. The summed E-state index contributed by atoms with van der Waals surface area (Å²) in [7, 11) is 0. The zero-order valence-corrected chi connectivity index (χ0v) is 36.7. The van der Waals surface area contributed by atoms with Gasteiger partial charge in [0.05, 0.1) is 0 Å². The summed E-state index contributed by atoms with van der Waals surface area (Å²) in [6, 6.07) is 37.7. The number of aromatic nitrogens is 2. The van der Waals surface area contributed by atoms with Crippen molar-refractivity contribution in [3.8, 4) is 22.3 Å². The van der Waals surface area contributed by atoms with Gasteiger partial charge in [0.2, 0.25) is 0 Å². The lowest BCUT2D eigenvalue weighted by molar-refractivity contribution is 0.541. The average molecular weight is 773 g/mol. The van der Waals surface area contributed by atoms with Crippen molar-refractivity contribution in [2.24, 2.45) is 0 Å². The second-order valence-corrected chi connectivity index (χ2v) is 17.7. The Kier molecular flexibility index (Phi) is 15.2. The molecule has 5 aromatic carbocycles. The van der Waals surface area contributed by atoms with E-state index in [2.05, 4.69) is 134 Å². The molecule has 0 aliphatic carbocycles. The Balaban J connectivity index is 1.21. The fourth-order valence-electron chi connectivity index (χ4n) is 9.53. The van der Waals surface area contributed by atoms with Crippen LogP contribution < -0.4 is 0 Å². The molecule has 0 saturated heterocycles. The molecule has 0 spiro atoms. The molecule has 0 N–H and O–H groups in total. The summed E-state index contributed by atoms with van der Waals surface area (Å²) in [5.74, 6) is 0. The Hall–Kier alpha value is -4.30. The van der Waals surface area contributed by atoms with Crippen LogP contribution in [0, 0.1) is 13.8 Å². The van der Waals surface area contributed by atoms with Crippen LogP contribution in [0.25, 0.3) is 65.9 Å². The zero-order valence-electron chi connectivity index (χ0n) is 36.7. The minimum absolute atomic E-state index is 1.06. The third-order valence-electron chi connectivity index (χ3n) is 13.1. The second-order valence-electron chi connectivity index (χ2n) is 17.7. The molecule has 0 aliphatic rings. The Labute approximate surface area is 351 Å². The van der Waals surface area contributed by atoms with E-state index >= 15 is 0 Å².